The van der Waals surface area contributed by atoms with Gasteiger partial charge >= 0.3 is 0 Å². The Kier molecular flexibility index (Phi) is 4.92. The molecular weight excluding hydrogens is 384 g/mol. The Labute approximate surface area is 135 Å². The molecule has 0 aliphatic carbocycles. The molecule has 0 bridgehead atoms. The van der Waals surface area contributed by atoms with Crippen molar-refractivity contribution in [2.45, 2.75) is 11.8 Å². The van der Waals surface area contributed by atoms with Gasteiger partial charge in [-0.25, -0.2) is 12.7 Å². The van der Waals surface area contributed by atoms with Gasteiger partial charge in [0, 0.05) is 11.6 Å². The van der Waals surface area contributed by atoms with Crippen molar-refractivity contribution in [2.75, 3.05) is 18.1 Å². The van der Waals surface area contributed by atoms with E-state index in [1.807, 2.05) is 0 Å². The quantitative estimate of drug-likeness (QED) is 0.727. The Balaban J connectivity index is 2.57. The van der Waals surface area contributed by atoms with Crippen LogP contribution in [0.5, 0.6) is 0 Å². The van der Waals surface area contributed by atoms with Crippen LogP contribution in [0.25, 0.3) is 0 Å². The number of halogens is 2. The fourth-order valence-electron chi connectivity index (χ4n) is 1.64. The van der Waals surface area contributed by atoms with Gasteiger partial charge in [0.05, 0.1) is 0 Å². The molecule has 2 aromatic rings. The minimum absolute atomic E-state index is 0.00762. The molecule has 21 heavy (non-hydrogen) atoms. The fourth-order valence-corrected chi connectivity index (χ4v) is 4.16. The Morgan fingerprint density at radius 1 is 1.43 bits per heavy atom. The van der Waals surface area contributed by atoms with Gasteiger partial charge in [-0.1, -0.05) is 28.9 Å². The molecule has 0 N–H and O–H groups in total. The zero-order valence-electron chi connectivity index (χ0n) is 11.2. The van der Waals surface area contributed by atoms with E-state index in [-0.39, 0.29) is 22.5 Å². The van der Waals surface area contributed by atoms with Gasteiger partial charge in [-0.15, -0.1) is 0 Å². The Morgan fingerprint density at radius 3 is 2.62 bits per heavy atom. The number of aryl methyl sites for hydroxylation is 1. The van der Waals surface area contributed by atoms with Crippen LogP contribution >= 0.6 is 27.5 Å². The van der Waals surface area contributed by atoms with Gasteiger partial charge in [-0.3, -0.25) is 0 Å². The van der Waals surface area contributed by atoms with E-state index in [4.69, 9.17) is 20.9 Å². The van der Waals surface area contributed by atoms with E-state index in [1.165, 1.54) is 13.2 Å². The highest BCUT2D eigenvalue weighted by molar-refractivity contribution is 9.10. The normalized spacial score (nSPS) is 11.6. The number of rotatable bonds is 5. The fraction of sp³-hybridized carbons (Fsp3) is 0.250. The molecule has 0 unspecified atom stereocenters. The van der Waals surface area contributed by atoms with Crippen molar-refractivity contribution in [3.63, 3.8) is 0 Å². The highest BCUT2D eigenvalue weighted by Gasteiger charge is 2.31. The third-order valence-electron chi connectivity index (χ3n) is 2.66. The van der Waals surface area contributed by atoms with Gasteiger partial charge in [-0.2, -0.15) is 0 Å². The molecule has 6 nitrogen and oxygen atoms in total. The van der Waals surface area contributed by atoms with Crippen molar-refractivity contribution in [3.05, 3.63) is 39.5 Å². The molecule has 114 valence electrons. The van der Waals surface area contributed by atoms with Crippen LogP contribution in [-0.2, 0) is 14.8 Å². The summed E-state index contributed by atoms with van der Waals surface area (Å²) in [6.07, 6.45) is 0. The summed E-state index contributed by atoms with van der Waals surface area (Å²) in [6, 6.07) is 6.45. The maximum absolute atomic E-state index is 12.8. The number of methoxy groups -OCH3 is 1. The van der Waals surface area contributed by atoms with Crippen molar-refractivity contribution in [3.8, 4) is 0 Å². The average molecular weight is 396 g/mol. The molecule has 1 aromatic carbocycles. The van der Waals surface area contributed by atoms with Crippen LogP contribution in [0.3, 0.4) is 0 Å². The van der Waals surface area contributed by atoms with Crippen molar-refractivity contribution >= 4 is 43.4 Å². The minimum Gasteiger partial charge on any atom is -0.363 e. The number of aromatic nitrogens is 1. The first-order valence-corrected chi connectivity index (χ1v) is 8.38. The summed E-state index contributed by atoms with van der Waals surface area (Å²) in [5.41, 5.74) is 0. The van der Waals surface area contributed by atoms with Crippen molar-refractivity contribution in [1.82, 2.24) is 5.16 Å². The van der Waals surface area contributed by atoms with Crippen LogP contribution in [0.4, 0.5) is 5.82 Å². The summed E-state index contributed by atoms with van der Waals surface area (Å²) < 4.78 is 36.8. The van der Waals surface area contributed by atoms with E-state index in [9.17, 15) is 8.42 Å². The van der Waals surface area contributed by atoms with E-state index in [1.54, 1.807) is 25.1 Å². The highest BCUT2D eigenvalue weighted by atomic mass is 79.9. The van der Waals surface area contributed by atoms with Crippen LogP contribution in [0.1, 0.15) is 5.76 Å². The third kappa shape index (κ3) is 3.08. The molecule has 9 heteroatoms. The number of sulfonamides is 1. The highest BCUT2D eigenvalue weighted by Crippen LogP contribution is 2.33. The molecule has 1 heterocycles. The van der Waals surface area contributed by atoms with Crippen LogP contribution in [0, 0.1) is 6.92 Å². The molecule has 0 spiro atoms. The largest absolute Gasteiger partial charge is 0.363 e. The second-order valence-electron chi connectivity index (χ2n) is 4.08. The zero-order valence-corrected chi connectivity index (χ0v) is 14.4. The summed E-state index contributed by atoms with van der Waals surface area (Å²) in [6.45, 7) is 1.35. The van der Waals surface area contributed by atoms with Crippen LogP contribution in [0.2, 0.25) is 5.02 Å². The first-order chi connectivity index (χ1) is 9.89. The Hall–Kier alpha value is -1.09. The van der Waals surface area contributed by atoms with Gasteiger partial charge in [0.2, 0.25) is 5.82 Å². The number of anilines is 1. The van der Waals surface area contributed by atoms with E-state index in [2.05, 4.69) is 21.1 Å². The van der Waals surface area contributed by atoms with Crippen molar-refractivity contribution in [1.29, 1.82) is 0 Å². The predicted octanol–water partition coefficient (Wildman–Crippen LogP) is 3.20. The van der Waals surface area contributed by atoms with Crippen LogP contribution in [0.15, 0.2) is 38.2 Å². The maximum Gasteiger partial charge on any atom is 0.268 e. The van der Waals surface area contributed by atoms with E-state index >= 15 is 0 Å². The van der Waals surface area contributed by atoms with E-state index < -0.39 is 10.0 Å². The standard InChI is InChI=1S/C12H12BrClN2O4S/c1-8-11(14)12(15-20-8)16(7-19-2)21(17,18)10-6-4-3-5-9(10)13/h3-6H,7H2,1-2H3. The summed E-state index contributed by atoms with van der Waals surface area (Å²) in [7, 11) is -2.52. The lowest BCUT2D eigenvalue weighted by atomic mass is 10.4. The molecule has 1 aromatic heterocycles. The summed E-state index contributed by atoms with van der Waals surface area (Å²) in [5.74, 6) is 0.321. The van der Waals surface area contributed by atoms with Crippen molar-refractivity contribution in [2.24, 2.45) is 0 Å². The first kappa shape index (κ1) is 16.3. The molecule has 0 atom stereocenters. The number of benzene rings is 1. The van der Waals surface area contributed by atoms with Crippen LogP contribution < -0.4 is 4.31 Å². The summed E-state index contributed by atoms with van der Waals surface area (Å²) >= 11 is 9.27. The lowest BCUT2D eigenvalue weighted by Gasteiger charge is -2.21. The topological polar surface area (TPSA) is 72.6 Å². The van der Waals surface area contributed by atoms with E-state index in [0.717, 1.165) is 4.31 Å². The monoisotopic (exact) mass is 394 g/mol. The average Bonchev–Trinajstić information content (AvgIpc) is 2.76. The second kappa shape index (κ2) is 6.35. The van der Waals surface area contributed by atoms with Gasteiger partial charge in [-0.05, 0) is 35.0 Å². The Morgan fingerprint density at radius 2 is 2.10 bits per heavy atom. The van der Waals surface area contributed by atoms with Gasteiger partial charge in [0.1, 0.15) is 16.6 Å². The third-order valence-corrected chi connectivity index (χ3v) is 5.82. The molecule has 0 aliphatic heterocycles. The number of nitrogens with zero attached hydrogens (tertiary/aromatic N) is 2. The Bertz CT molecular complexity index is 747. The van der Waals surface area contributed by atoms with Gasteiger partial charge in [0.25, 0.3) is 10.0 Å². The van der Waals surface area contributed by atoms with Crippen molar-refractivity contribution < 1.29 is 17.7 Å². The number of hydrogen-bond donors (Lipinski definition) is 0. The maximum atomic E-state index is 12.8. The van der Waals surface area contributed by atoms with Gasteiger partial charge < -0.3 is 9.26 Å². The summed E-state index contributed by atoms with van der Waals surface area (Å²) in [4.78, 5) is 0.0822. The molecule has 0 fully saturated rings. The SMILES string of the molecule is COCN(c1noc(C)c1Cl)S(=O)(=O)c1ccccc1Br. The number of hydrogen-bond acceptors (Lipinski definition) is 5. The molecular formula is C12H12BrClN2O4S. The zero-order chi connectivity index (χ0) is 15.6. The lowest BCUT2D eigenvalue weighted by molar-refractivity contribution is 0.208. The minimum atomic E-state index is -3.90. The molecule has 0 amide bonds. The summed E-state index contributed by atoms with van der Waals surface area (Å²) in [5, 5.41) is 3.83. The predicted molar refractivity (Wildman–Crippen MR) is 81.9 cm³/mol. The molecule has 0 saturated carbocycles. The molecule has 2 rings (SSSR count). The number of ether oxygens (including phenoxy) is 1. The van der Waals surface area contributed by atoms with Crippen LogP contribution in [-0.4, -0.2) is 27.4 Å². The molecule has 0 radical (unpaired) electrons. The molecule has 0 saturated heterocycles. The second-order valence-corrected chi connectivity index (χ2v) is 7.14. The smallest absolute Gasteiger partial charge is 0.268 e. The van der Waals surface area contributed by atoms with Gasteiger partial charge in [0.15, 0.2) is 5.76 Å². The first-order valence-electron chi connectivity index (χ1n) is 5.77. The molecule has 0 aliphatic rings. The van der Waals surface area contributed by atoms with E-state index in [0.29, 0.717) is 10.2 Å². The lowest BCUT2D eigenvalue weighted by Crippen LogP contribution is -2.33.